The lowest BCUT2D eigenvalue weighted by molar-refractivity contribution is -0.175. The fraction of sp³-hybridized carbons (Fsp3) is 0.320. The Hall–Kier alpha value is -3.82. The molecule has 0 bridgehead atoms. The molecule has 2 aromatic carbocycles. The van der Waals surface area contributed by atoms with Gasteiger partial charge in [-0.15, -0.1) is 0 Å². The van der Waals surface area contributed by atoms with Crippen molar-refractivity contribution in [3.8, 4) is 17.2 Å². The number of carbonyl (C=O) groups is 2. The van der Waals surface area contributed by atoms with E-state index in [1.807, 2.05) is 37.3 Å². The van der Waals surface area contributed by atoms with Crippen LogP contribution in [0, 0.1) is 6.92 Å². The molecular formula is C25H25F3N2O5. The van der Waals surface area contributed by atoms with Crippen LogP contribution >= 0.6 is 0 Å². The molecular weight excluding hydrogens is 465 g/mol. The molecule has 0 aliphatic heterocycles. The SMILES string of the molecule is CCOC(=O)[C@H](Cc1ccc(OCCc2nc(-c3ccccc3)oc2C)cc1)NC(=O)C(F)(F)F. The van der Waals surface area contributed by atoms with Crippen molar-refractivity contribution in [3.05, 3.63) is 71.6 Å². The predicted molar refractivity (Wildman–Crippen MR) is 121 cm³/mol. The molecule has 0 saturated carbocycles. The van der Waals surface area contributed by atoms with Crippen LogP contribution in [0.25, 0.3) is 11.5 Å². The van der Waals surface area contributed by atoms with Crippen LogP contribution in [0.15, 0.2) is 59.0 Å². The normalized spacial score (nSPS) is 12.1. The number of hydrogen-bond acceptors (Lipinski definition) is 6. The molecule has 1 atom stereocenters. The lowest BCUT2D eigenvalue weighted by atomic mass is 10.1. The van der Waals surface area contributed by atoms with Crippen LogP contribution in [0.3, 0.4) is 0 Å². The first-order chi connectivity index (χ1) is 16.7. The van der Waals surface area contributed by atoms with Gasteiger partial charge in [-0.3, -0.25) is 4.79 Å². The maximum atomic E-state index is 12.6. The highest BCUT2D eigenvalue weighted by Gasteiger charge is 2.41. The van der Waals surface area contributed by atoms with Gasteiger partial charge in [0, 0.05) is 18.4 Å². The molecule has 1 aromatic heterocycles. The number of aromatic nitrogens is 1. The van der Waals surface area contributed by atoms with Crippen molar-refractivity contribution in [2.45, 2.75) is 38.9 Å². The van der Waals surface area contributed by atoms with E-state index in [9.17, 15) is 22.8 Å². The summed E-state index contributed by atoms with van der Waals surface area (Å²) in [6, 6.07) is 14.6. The van der Waals surface area contributed by atoms with Crippen molar-refractivity contribution < 1.29 is 36.7 Å². The Morgan fingerprint density at radius 1 is 1.09 bits per heavy atom. The Labute approximate surface area is 200 Å². The van der Waals surface area contributed by atoms with Gasteiger partial charge >= 0.3 is 18.1 Å². The molecule has 35 heavy (non-hydrogen) atoms. The number of rotatable bonds is 10. The first-order valence-corrected chi connectivity index (χ1v) is 10.9. The second-order valence-corrected chi connectivity index (χ2v) is 7.61. The maximum Gasteiger partial charge on any atom is 0.471 e. The average molecular weight is 490 g/mol. The highest BCUT2D eigenvalue weighted by molar-refractivity contribution is 5.87. The van der Waals surface area contributed by atoms with Gasteiger partial charge in [0.15, 0.2) is 0 Å². The monoisotopic (exact) mass is 490 g/mol. The van der Waals surface area contributed by atoms with E-state index in [0.717, 1.165) is 11.3 Å². The number of esters is 1. The van der Waals surface area contributed by atoms with Gasteiger partial charge < -0.3 is 19.2 Å². The first-order valence-electron chi connectivity index (χ1n) is 10.9. The molecule has 0 radical (unpaired) electrons. The van der Waals surface area contributed by atoms with Crippen LogP contribution in [0.5, 0.6) is 5.75 Å². The van der Waals surface area contributed by atoms with Crippen LogP contribution in [0.2, 0.25) is 0 Å². The first kappa shape index (κ1) is 25.8. The van der Waals surface area contributed by atoms with E-state index in [4.69, 9.17) is 13.9 Å². The number of aryl methyl sites for hydroxylation is 1. The van der Waals surface area contributed by atoms with Gasteiger partial charge in [0.25, 0.3) is 0 Å². The molecule has 1 heterocycles. The molecule has 0 fully saturated rings. The molecule has 0 aliphatic carbocycles. The number of nitrogens with one attached hydrogen (secondary N) is 1. The summed E-state index contributed by atoms with van der Waals surface area (Å²) in [5.74, 6) is -1.37. The summed E-state index contributed by atoms with van der Waals surface area (Å²) in [4.78, 5) is 27.8. The van der Waals surface area contributed by atoms with Crippen molar-refractivity contribution in [2.75, 3.05) is 13.2 Å². The van der Waals surface area contributed by atoms with Crippen LogP contribution in [0.4, 0.5) is 13.2 Å². The maximum absolute atomic E-state index is 12.6. The van der Waals surface area contributed by atoms with Gasteiger partial charge in [0.05, 0.1) is 18.9 Å². The quantitative estimate of drug-likeness (QED) is 0.423. The number of oxazole rings is 1. The zero-order valence-corrected chi connectivity index (χ0v) is 19.2. The molecule has 0 aliphatic rings. The summed E-state index contributed by atoms with van der Waals surface area (Å²) in [5, 5.41) is 1.69. The van der Waals surface area contributed by atoms with Crippen molar-refractivity contribution in [2.24, 2.45) is 0 Å². The fourth-order valence-electron chi connectivity index (χ4n) is 3.26. The Kier molecular flexibility index (Phi) is 8.51. The predicted octanol–water partition coefficient (Wildman–Crippen LogP) is 4.42. The van der Waals surface area contributed by atoms with Gasteiger partial charge in [-0.2, -0.15) is 13.2 Å². The minimum Gasteiger partial charge on any atom is -0.493 e. The summed E-state index contributed by atoms with van der Waals surface area (Å²) in [6.45, 7) is 3.66. The second-order valence-electron chi connectivity index (χ2n) is 7.61. The molecule has 10 heteroatoms. The van der Waals surface area contributed by atoms with E-state index < -0.39 is 24.1 Å². The Morgan fingerprint density at radius 2 is 1.77 bits per heavy atom. The van der Waals surface area contributed by atoms with Crippen molar-refractivity contribution in [3.63, 3.8) is 0 Å². The van der Waals surface area contributed by atoms with Crippen LogP contribution in [0.1, 0.15) is 23.9 Å². The molecule has 3 aromatic rings. The number of amides is 1. The fourth-order valence-corrected chi connectivity index (χ4v) is 3.26. The summed E-state index contributed by atoms with van der Waals surface area (Å²) in [7, 11) is 0. The van der Waals surface area contributed by atoms with Gasteiger partial charge in [-0.25, -0.2) is 9.78 Å². The van der Waals surface area contributed by atoms with E-state index in [2.05, 4.69) is 4.98 Å². The number of carbonyl (C=O) groups excluding carboxylic acids is 2. The Balaban J connectivity index is 1.57. The highest BCUT2D eigenvalue weighted by Crippen LogP contribution is 2.22. The Bertz CT molecular complexity index is 1130. The van der Waals surface area contributed by atoms with Crippen molar-refractivity contribution in [1.82, 2.24) is 10.3 Å². The Morgan fingerprint density at radius 3 is 2.40 bits per heavy atom. The number of ether oxygens (including phenoxy) is 2. The van der Waals surface area contributed by atoms with E-state index >= 15 is 0 Å². The van der Waals surface area contributed by atoms with Crippen molar-refractivity contribution >= 4 is 11.9 Å². The lowest BCUT2D eigenvalue weighted by Gasteiger charge is -2.18. The smallest absolute Gasteiger partial charge is 0.471 e. The summed E-state index contributed by atoms with van der Waals surface area (Å²) in [5.41, 5.74) is 2.18. The zero-order valence-electron chi connectivity index (χ0n) is 19.2. The third-order valence-corrected chi connectivity index (χ3v) is 5.02. The van der Waals surface area contributed by atoms with Gasteiger partial charge in [-0.05, 0) is 43.7 Å². The summed E-state index contributed by atoms with van der Waals surface area (Å²) >= 11 is 0. The average Bonchev–Trinajstić information content (AvgIpc) is 3.20. The molecule has 0 saturated heterocycles. The minimum absolute atomic E-state index is 0.0260. The van der Waals surface area contributed by atoms with E-state index in [-0.39, 0.29) is 13.0 Å². The largest absolute Gasteiger partial charge is 0.493 e. The third-order valence-electron chi connectivity index (χ3n) is 5.02. The highest BCUT2D eigenvalue weighted by atomic mass is 19.4. The molecule has 3 rings (SSSR count). The zero-order chi connectivity index (χ0) is 25.4. The number of benzene rings is 2. The van der Waals surface area contributed by atoms with E-state index in [1.165, 1.54) is 6.92 Å². The number of hydrogen-bond donors (Lipinski definition) is 1. The molecule has 1 amide bonds. The molecule has 1 N–H and O–H groups in total. The molecule has 7 nitrogen and oxygen atoms in total. The minimum atomic E-state index is -5.10. The van der Waals surface area contributed by atoms with Crippen molar-refractivity contribution in [1.29, 1.82) is 0 Å². The molecule has 0 unspecified atom stereocenters. The van der Waals surface area contributed by atoms with E-state index in [0.29, 0.717) is 36.0 Å². The van der Waals surface area contributed by atoms with E-state index in [1.54, 1.807) is 29.6 Å². The van der Waals surface area contributed by atoms with Crippen LogP contribution < -0.4 is 10.1 Å². The summed E-state index contributed by atoms with van der Waals surface area (Å²) < 4.78 is 54.1. The van der Waals surface area contributed by atoms with Gasteiger partial charge in [0.2, 0.25) is 5.89 Å². The van der Waals surface area contributed by atoms with Crippen LogP contribution in [-0.2, 0) is 27.2 Å². The summed E-state index contributed by atoms with van der Waals surface area (Å²) in [6.07, 6.45) is -4.76. The standard InChI is InChI=1S/C25H25F3N2O5/c1-3-33-23(31)21(30-24(32)25(26,27)28)15-17-9-11-19(12-10-17)34-14-13-20-16(2)35-22(29-20)18-7-5-4-6-8-18/h4-12,21H,3,13-15H2,1-2H3,(H,30,32)/t21-/m0/s1. The van der Waals surface area contributed by atoms with Gasteiger partial charge in [0.1, 0.15) is 17.6 Å². The van der Waals surface area contributed by atoms with Gasteiger partial charge in [-0.1, -0.05) is 30.3 Å². The molecule has 0 spiro atoms. The third kappa shape index (κ3) is 7.33. The second kappa shape index (κ2) is 11.5. The number of nitrogens with zero attached hydrogens (tertiary/aromatic N) is 1. The van der Waals surface area contributed by atoms with Crippen LogP contribution in [-0.4, -0.2) is 42.3 Å². The lowest BCUT2D eigenvalue weighted by Crippen LogP contribution is -2.48. The number of halogens is 3. The topological polar surface area (TPSA) is 90.7 Å². The number of alkyl halides is 3. The molecule has 186 valence electrons.